The van der Waals surface area contributed by atoms with Crippen LogP contribution in [-0.4, -0.2) is 22.5 Å². The fourth-order valence-electron chi connectivity index (χ4n) is 2.11. The maximum Gasteiger partial charge on any atom is 0.0544 e. The Balaban J connectivity index is 1.98. The Labute approximate surface area is 91.3 Å². The number of rotatable bonds is 3. The number of nitrogens with zero attached hydrogens (tertiary/aromatic N) is 2. The molecule has 0 amide bonds. The first-order chi connectivity index (χ1) is 7.29. The molecule has 0 aromatic carbocycles. The molecule has 2 N–H and O–H groups in total. The van der Waals surface area contributed by atoms with Crippen molar-refractivity contribution in [3.8, 4) is 0 Å². The number of nitrogens with two attached hydrogens (primary N) is 1. The molecule has 0 spiro atoms. The number of hydrogen-bond acceptors (Lipinski definition) is 3. The average molecular weight is 205 g/mol. The summed E-state index contributed by atoms with van der Waals surface area (Å²) in [7, 11) is 0. The molecular formula is C12H19N3. The summed E-state index contributed by atoms with van der Waals surface area (Å²) in [5.74, 6) is 0. The van der Waals surface area contributed by atoms with E-state index in [9.17, 15) is 0 Å². The van der Waals surface area contributed by atoms with E-state index in [4.69, 9.17) is 5.73 Å². The Morgan fingerprint density at radius 3 is 2.93 bits per heavy atom. The van der Waals surface area contributed by atoms with E-state index >= 15 is 0 Å². The fourth-order valence-corrected chi connectivity index (χ4v) is 2.11. The van der Waals surface area contributed by atoms with Gasteiger partial charge in [-0.3, -0.25) is 9.88 Å². The summed E-state index contributed by atoms with van der Waals surface area (Å²) in [5, 5.41) is 0. The molecular weight excluding hydrogens is 186 g/mol. The van der Waals surface area contributed by atoms with Crippen LogP contribution < -0.4 is 5.73 Å². The molecule has 0 bridgehead atoms. The minimum atomic E-state index is 0.577. The van der Waals surface area contributed by atoms with Gasteiger partial charge in [-0.1, -0.05) is 6.07 Å². The first-order valence-corrected chi connectivity index (χ1v) is 5.67. The molecule has 1 fully saturated rings. The zero-order chi connectivity index (χ0) is 10.7. The van der Waals surface area contributed by atoms with Crippen molar-refractivity contribution < 1.29 is 0 Å². The fraction of sp³-hybridized carbons (Fsp3) is 0.583. The van der Waals surface area contributed by atoms with Crippen LogP contribution in [0.5, 0.6) is 0 Å². The van der Waals surface area contributed by atoms with Crippen molar-refractivity contribution in [2.75, 3.05) is 6.54 Å². The third-order valence-corrected chi connectivity index (χ3v) is 3.18. The van der Waals surface area contributed by atoms with Gasteiger partial charge in [-0.05, 0) is 37.9 Å². The van der Waals surface area contributed by atoms with Crippen molar-refractivity contribution in [3.05, 3.63) is 29.6 Å². The van der Waals surface area contributed by atoms with Gasteiger partial charge in [-0.25, -0.2) is 0 Å². The van der Waals surface area contributed by atoms with Gasteiger partial charge >= 0.3 is 0 Å². The highest BCUT2D eigenvalue weighted by Gasteiger charge is 2.20. The van der Waals surface area contributed by atoms with E-state index in [0.717, 1.165) is 17.8 Å². The van der Waals surface area contributed by atoms with Crippen molar-refractivity contribution in [2.45, 2.75) is 38.9 Å². The molecule has 0 saturated carbocycles. The van der Waals surface area contributed by atoms with Crippen molar-refractivity contribution in [3.63, 3.8) is 0 Å². The molecule has 1 aromatic heterocycles. The maximum atomic E-state index is 5.54. The molecule has 0 radical (unpaired) electrons. The van der Waals surface area contributed by atoms with Gasteiger partial charge in [0.05, 0.1) is 5.69 Å². The average Bonchev–Trinajstić information content (AvgIpc) is 2.66. The largest absolute Gasteiger partial charge is 0.326 e. The van der Waals surface area contributed by atoms with Crippen LogP contribution in [0, 0.1) is 0 Å². The van der Waals surface area contributed by atoms with Gasteiger partial charge in [0, 0.05) is 25.3 Å². The quantitative estimate of drug-likeness (QED) is 0.813. The highest BCUT2D eigenvalue weighted by atomic mass is 15.2. The molecule has 1 aromatic rings. The molecule has 1 aliphatic heterocycles. The minimum Gasteiger partial charge on any atom is -0.326 e. The highest BCUT2D eigenvalue weighted by Crippen LogP contribution is 2.18. The summed E-state index contributed by atoms with van der Waals surface area (Å²) in [4.78, 5) is 6.92. The SMILES string of the molecule is CC1CCCN1Cc1ccc(CN)cn1. The summed E-state index contributed by atoms with van der Waals surface area (Å²) in [6, 6.07) is 4.87. The van der Waals surface area contributed by atoms with E-state index < -0.39 is 0 Å². The van der Waals surface area contributed by atoms with Crippen LogP contribution in [0.25, 0.3) is 0 Å². The molecule has 3 heteroatoms. The monoisotopic (exact) mass is 205 g/mol. The van der Waals surface area contributed by atoms with Crippen LogP contribution in [0.4, 0.5) is 0 Å². The molecule has 15 heavy (non-hydrogen) atoms. The third-order valence-electron chi connectivity index (χ3n) is 3.18. The van der Waals surface area contributed by atoms with Gasteiger partial charge in [0.1, 0.15) is 0 Å². The van der Waals surface area contributed by atoms with Gasteiger partial charge in [-0.15, -0.1) is 0 Å². The van der Waals surface area contributed by atoms with Crippen molar-refractivity contribution >= 4 is 0 Å². The number of aromatic nitrogens is 1. The van der Waals surface area contributed by atoms with Crippen molar-refractivity contribution in [1.82, 2.24) is 9.88 Å². The van der Waals surface area contributed by atoms with Crippen LogP contribution in [0.1, 0.15) is 31.0 Å². The van der Waals surface area contributed by atoms with E-state index in [2.05, 4.69) is 28.9 Å². The Kier molecular flexibility index (Phi) is 3.34. The standard InChI is InChI=1S/C12H19N3/c1-10-3-2-6-15(10)9-12-5-4-11(7-13)8-14-12/h4-5,8,10H,2-3,6-7,9,13H2,1H3. The van der Waals surface area contributed by atoms with Crippen LogP contribution in [0.15, 0.2) is 18.3 Å². The molecule has 2 heterocycles. The second kappa shape index (κ2) is 4.73. The van der Waals surface area contributed by atoms with Crippen molar-refractivity contribution in [1.29, 1.82) is 0 Å². The smallest absolute Gasteiger partial charge is 0.0544 e. The van der Waals surface area contributed by atoms with Gasteiger partial charge in [0.2, 0.25) is 0 Å². The lowest BCUT2D eigenvalue weighted by atomic mass is 10.2. The normalized spacial score (nSPS) is 22.1. The zero-order valence-electron chi connectivity index (χ0n) is 9.32. The van der Waals surface area contributed by atoms with E-state index in [0.29, 0.717) is 12.6 Å². The van der Waals surface area contributed by atoms with E-state index in [1.165, 1.54) is 19.4 Å². The predicted molar refractivity (Wildman–Crippen MR) is 61.2 cm³/mol. The Morgan fingerprint density at radius 1 is 1.53 bits per heavy atom. The summed E-state index contributed by atoms with van der Waals surface area (Å²) >= 11 is 0. The lowest BCUT2D eigenvalue weighted by molar-refractivity contribution is 0.257. The predicted octanol–water partition coefficient (Wildman–Crippen LogP) is 1.52. The molecule has 82 valence electrons. The lowest BCUT2D eigenvalue weighted by Crippen LogP contribution is -2.26. The summed E-state index contributed by atoms with van der Waals surface area (Å²) in [6.45, 7) is 5.06. The van der Waals surface area contributed by atoms with Crippen LogP contribution >= 0.6 is 0 Å². The molecule has 3 nitrogen and oxygen atoms in total. The second-order valence-corrected chi connectivity index (χ2v) is 4.32. The summed E-state index contributed by atoms with van der Waals surface area (Å²) < 4.78 is 0. The summed E-state index contributed by atoms with van der Waals surface area (Å²) in [6.07, 6.45) is 4.53. The van der Waals surface area contributed by atoms with Crippen molar-refractivity contribution in [2.24, 2.45) is 5.73 Å². The minimum absolute atomic E-state index is 0.577. The third kappa shape index (κ3) is 2.55. The molecule has 1 saturated heterocycles. The Morgan fingerprint density at radius 2 is 2.40 bits per heavy atom. The topological polar surface area (TPSA) is 42.1 Å². The van der Waals surface area contributed by atoms with Gasteiger partial charge in [0.15, 0.2) is 0 Å². The molecule has 1 aliphatic rings. The maximum absolute atomic E-state index is 5.54. The van der Waals surface area contributed by atoms with E-state index in [1.54, 1.807) is 0 Å². The Bertz CT molecular complexity index is 307. The van der Waals surface area contributed by atoms with Crippen LogP contribution in [-0.2, 0) is 13.1 Å². The Hall–Kier alpha value is -0.930. The number of pyridine rings is 1. The molecule has 1 atom stereocenters. The number of hydrogen-bond donors (Lipinski definition) is 1. The first kappa shape index (κ1) is 10.6. The van der Waals surface area contributed by atoms with Gasteiger partial charge < -0.3 is 5.73 Å². The molecule has 2 rings (SSSR count). The first-order valence-electron chi connectivity index (χ1n) is 5.67. The second-order valence-electron chi connectivity index (χ2n) is 4.32. The van der Waals surface area contributed by atoms with Gasteiger partial charge in [-0.2, -0.15) is 0 Å². The zero-order valence-corrected chi connectivity index (χ0v) is 9.32. The van der Waals surface area contributed by atoms with Crippen LogP contribution in [0.3, 0.4) is 0 Å². The number of likely N-dealkylation sites (tertiary alicyclic amines) is 1. The van der Waals surface area contributed by atoms with E-state index in [1.807, 2.05) is 6.20 Å². The summed E-state index contributed by atoms with van der Waals surface area (Å²) in [5.41, 5.74) is 7.79. The van der Waals surface area contributed by atoms with E-state index in [-0.39, 0.29) is 0 Å². The molecule has 1 unspecified atom stereocenters. The van der Waals surface area contributed by atoms with Crippen LogP contribution in [0.2, 0.25) is 0 Å². The highest BCUT2D eigenvalue weighted by molar-refractivity contribution is 5.13. The molecule has 0 aliphatic carbocycles. The lowest BCUT2D eigenvalue weighted by Gasteiger charge is -2.20. The van der Waals surface area contributed by atoms with Gasteiger partial charge in [0.25, 0.3) is 0 Å².